The highest BCUT2D eigenvalue weighted by Gasteiger charge is 2.13. The molecule has 0 fully saturated rings. The van der Waals surface area contributed by atoms with Crippen molar-refractivity contribution in [3.05, 3.63) is 18.2 Å². The van der Waals surface area contributed by atoms with E-state index < -0.39 is 0 Å². The van der Waals surface area contributed by atoms with Gasteiger partial charge in [0.05, 0.1) is 18.9 Å². The molecule has 0 unspecified atom stereocenters. The van der Waals surface area contributed by atoms with Gasteiger partial charge in [-0.3, -0.25) is 9.59 Å². The molecule has 0 aromatic carbocycles. The van der Waals surface area contributed by atoms with Crippen LogP contribution in [0.3, 0.4) is 0 Å². The average Bonchev–Trinajstić information content (AvgIpc) is 2.55. The molecule has 1 amide bonds. The third-order valence-corrected chi connectivity index (χ3v) is 1.61. The summed E-state index contributed by atoms with van der Waals surface area (Å²) in [5.41, 5.74) is 0.371. The molecule has 1 N–H and O–H groups in total. The Hall–Kier alpha value is -1.65. The molecule has 1 aromatic heterocycles. The summed E-state index contributed by atoms with van der Waals surface area (Å²) in [6.07, 6.45) is 2.70. The summed E-state index contributed by atoms with van der Waals surface area (Å²) in [6, 6.07) is 0. The first-order valence-corrected chi connectivity index (χ1v) is 3.83. The van der Waals surface area contributed by atoms with E-state index in [9.17, 15) is 9.59 Å². The second-order valence-electron chi connectivity index (χ2n) is 2.85. The molecule has 0 spiro atoms. The van der Waals surface area contributed by atoms with E-state index in [0.717, 1.165) is 0 Å². The quantitative estimate of drug-likeness (QED) is 0.530. The molecule has 0 atom stereocenters. The molecule has 13 heavy (non-hydrogen) atoms. The predicted molar refractivity (Wildman–Crippen MR) is 46.2 cm³/mol. The number of ketones is 1. The molecule has 5 nitrogen and oxygen atoms in total. The smallest absolute Gasteiger partial charge is 0.229 e. The summed E-state index contributed by atoms with van der Waals surface area (Å²) in [5.74, 6) is -0.448. The van der Waals surface area contributed by atoms with Crippen molar-refractivity contribution in [2.75, 3.05) is 14.1 Å². The monoisotopic (exact) mass is 181 g/mol. The molecule has 5 heteroatoms. The topological polar surface area (TPSA) is 66.1 Å². The largest absolute Gasteiger partial charge is 0.348 e. The van der Waals surface area contributed by atoms with Gasteiger partial charge in [0, 0.05) is 14.1 Å². The molecule has 0 aliphatic rings. The van der Waals surface area contributed by atoms with Crippen LogP contribution in [0.15, 0.2) is 12.5 Å². The van der Waals surface area contributed by atoms with Gasteiger partial charge in [-0.15, -0.1) is 0 Å². The molecule has 0 aliphatic carbocycles. The summed E-state index contributed by atoms with van der Waals surface area (Å²) < 4.78 is 0. The number of nitrogens with one attached hydrogen (secondary N) is 1. The lowest BCUT2D eigenvalue weighted by atomic mass is 10.2. The molecule has 0 saturated heterocycles. The van der Waals surface area contributed by atoms with E-state index in [1.165, 1.54) is 17.4 Å². The molecule has 0 aliphatic heterocycles. The van der Waals surface area contributed by atoms with Crippen LogP contribution in [0, 0.1) is 0 Å². The summed E-state index contributed by atoms with van der Waals surface area (Å²) in [4.78, 5) is 30.1. The molecule has 0 saturated carbocycles. The lowest BCUT2D eigenvalue weighted by Gasteiger charge is -2.08. The molecule has 1 rings (SSSR count). The van der Waals surface area contributed by atoms with Crippen LogP contribution in [-0.2, 0) is 4.79 Å². The maximum atomic E-state index is 11.3. The van der Waals surface area contributed by atoms with Gasteiger partial charge in [0.1, 0.15) is 5.69 Å². The van der Waals surface area contributed by atoms with Gasteiger partial charge in [-0.05, 0) is 0 Å². The summed E-state index contributed by atoms with van der Waals surface area (Å²) in [7, 11) is 3.23. The highest BCUT2D eigenvalue weighted by atomic mass is 16.2. The van der Waals surface area contributed by atoms with E-state index in [-0.39, 0.29) is 18.1 Å². The molecule has 0 radical (unpaired) electrons. The number of carbonyl (C=O) groups is 2. The molecule has 0 bridgehead atoms. The Morgan fingerprint density at radius 2 is 2.23 bits per heavy atom. The third-order valence-electron chi connectivity index (χ3n) is 1.61. The number of rotatable bonds is 3. The lowest BCUT2D eigenvalue weighted by Crippen LogP contribution is -2.24. The van der Waals surface area contributed by atoms with Gasteiger partial charge >= 0.3 is 0 Å². The number of aromatic amines is 1. The van der Waals surface area contributed by atoms with Crippen LogP contribution in [0.2, 0.25) is 0 Å². The van der Waals surface area contributed by atoms with Crippen molar-refractivity contribution >= 4 is 11.7 Å². The van der Waals surface area contributed by atoms with Gasteiger partial charge in [0.2, 0.25) is 5.91 Å². The van der Waals surface area contributed by atoms with Crippen molar-refractivity contribution in [2.45, 2.75) is 6.42 Å². The van der Waals surface area contributed by atoms with E-state index in [2.05, 4.69) is 9.97 Å². The minimum absolute atomic E-state index is 0.116. The fourth-order valence-corrected chi connectivity index (χ4v) is 0.799. The molecular formula is C8H11N3O2. The van der Waals surface area contributed by atoms with E-state index in [1.807, 2.05) is 0 Å². The third kappa shape index (κ3) is 2.40. The van der Waals surface area contributed by atoms with Crippen molar-refractivity contribution in [1.82, 2.24) is 14.9 Å². The van der Waals surface area contributed by atoms with Crippen LogP contribution in [0.4, 0.5) is 0 Å². The van der Waals surface area contributed by atoms with Crippen LogP contribution < -0.4 is 0 Å². The Morgan fingerprint density at radius 3 is 2.69 bits per heavy atom. The first kappa shape index (κ1) is 9.44. The van der Waals surface area contributed by atoms with Gasteiger partial charge in [-0.1, -0.05) is 0 Å². The van der Waals surface area contributed by atoms with Crippen LogP contribution >= 0.6 is 0 Å². The molecule has 1 heterocycles. The minimum Gasteiger partial charge on any atom is -0.348 e. The fourth-order valence-electron chi connectivity index (χ4n) is 0.799. The van der Waals surface area contributed by atoms with Gasteiger partial charge in [0.25, 0.3) is 0 Å². The Balaban J connectivity index is 2.57. The normalized spacial score (nSPS) is 9.69. The van der Waals surface area contributed by atoms with Crippen molar-refractivity contribution in [3.63, 3.8) is 0 Å². The average molecular weight is 181 g/mol. The number of amides is 1. The molecule has 1 aromatic rings. The summed E-state index contributed by atoms with van der Waals surface area (Å²) in [5, 5.41) is 0. The van der Waals surface area contributed by atoms with Crippen molar-refractivity contribution in [1.29, 1.82) is 0 Å². The Labute approximate surface area is 75.8 Å². The number of aromatic nitrogens is 2. The standard InChI is InChI=1S/C8H11N3O2/c1-11(2)8(13)3-7(12)6-4-9-5-10-6/h4-5H,3H2,1-2H3,(H,9,10). The molecule has 70 valence electrons. The zero-order valence-corrected chi connectivity index (χ0v) is 7.57. The van der Waals surface area contributed by atoms with Gasteiger partial charge in [-0.25, -0.2) is 4.98 Å². The minimum atomic E-state index is -0.240. The van der Waals surface area contributed by atoms with E-state index in [4.69, 9.17) is 0 Å². The maximum Gasteiger partial charge on any atom is 0.229 e. The van der Waals surface area contributed by atoms with E-state index in [0.29, 0.717) is 5.69 Å². The first-order chi connectivity index (χ1) is 6.11. The van der Waals surface area contributed by atoms with Gasteiger partial charge in [0.15, 0.2) is 5.78 Å². The first-order valence-electron chi connectivity index (χ1n) is 3.83. The molecular weight excluding hydrogens is 170 g/mol. The van der Waals surface area contributed by atoms with Crippen molar-refractivity contribution in [2.24, 2.45) is 0 Å². The van der Waals surface area contributed by atoms with Crippen LogP contribution in [0.1, 0.15) is 16.9 Å². The Morgan fingerprint density at radius 1 is 1.54 bits per heavy atom. The van der Waals surface area contributed by atoms with Crippen molar-refractivity contribution in [3.8, 4) is 0 Å². The number of nitrogens with zero attached hydrogens (tertiary/aromatic N) is 2. The maximum absolute atomic E-state index is 11.3. The predicted octanol–water partition coefficient (Wildman–Crippen LogP) is 0.0707. The highest BCUT2D eigenvalue weighted by Crippen LogP contribution is 1.99. The number of Topliss-reactive ketones (excluding diaryl/α,β-unsaturated/α-hetero) is 1. The Kier molecular flexibility index (Phi) is 2.79. The zero-order valence-electron chi connectivity index (χ0n) is 7.57. The second-order valence-corrected chi connectivity index (χ2v) is 2.85. The van der Waals surface area contributed by atoms with Crippen LogP contribution in [-0.4, -0.2) is 40.7 Å². The van der Waals surface area contributed by atoms with Crippen LogP contribution in [0.25, 0.3) is 0 Å². The van der Waals surface area contributed by atoms with E-state index >= 15 is 0 Å². The number of hydrogen-bond acceptors (Lipinski definition) is 3. The second kappa shape index (κ2) is 3.84. The van der Waals surface area contributed by atoms with Gasteiger partial charge in [-0.2, -0.15) is 0 Å². The number of H-pyrrole nitrogens is 1. The highest BCUT2D eigenvalue weighted by molar-refractivity contribution is 6.05. The lowest BCUT2D eigenvalue weighted by molar-refractivity contribution is -0.127. The summed E-state index contributed by atoms with van der Waals surface area (Å²) >= 11 is 0. The fraction of sp³-hybridized carbons (Fsp3) is 0.375. The van der Waals surface area contributed by atoms with E-state index in [1.54, 1.807) is 14.1 Å². The van der Waals surface area contributed by atoms with Gasteiger partial charge < -0.3 is 9.88 Å². The zero-order chi connectivity index (χ0) is 9.84. The number of hydrogen-bond donors (Lipinski definition) is 1. The van der Waals surface area contributed by atoms with Crippen LogP contribution in [0.5, 0.6) is 0 Å². The Bertz CT molecular complexity index is 303. The number of carbonyl (C=O) groups excluding carboxylic acids is 2. The number of imidazole rings is 1. The van der Waals surface area contributed by atoms with Crippen molar-refractivity contribution < 1.29 is 9.59 Å². The SMILES string of the molecule is CN(C)C(=O)CC(=O)c1cnc[nH]1. The summed E-state index contributed by atoms with van der Waals surface area (Å²) in [6.45, 7) is 0.